The fraction of sp³-hybridized carbons (Fsp3) is 0.261. The number of carbonyl (C=O) groups excluding carboxylic acids is 1. The van der Waals surface area contributed by atoms with Crippen LogP contribution >= 0.6 is 0 Å². The first-order valence-corrected chi connectivity index (χ1v) is 10.3. The van der Waals surface area contributed by atoms with Crippen molar-refractivity contribution in [1.82, 2.24) is 14.8 Å². The number of nitrogens with zero attached hydrogens (tertiary/aromatic N) is 4. The van der Waals surface area contributed by atoms with E-state index in [2.05, 4.69) is 29.2 Å². The lowest BCUT2D eigenvalue weighted by Gasteiger charge is -2.38. The van der Waals surface area contributed by atoms with Crippen molar-refractivity contribution in [1.29, 1.82) is 0 Å². The van der Waals surface area contributed by atoms with E-state index in [1.165, 1.54) is 12.1 Å². The van der Waals surface area contributed by atoms with Crippen molar-refractivity contribution >= 4 is 17.4 Å². The van der Waals surface area contributed by atoms with Gasteiger partial charge in [-0.05, 0) is 53.8 Å². The normalized spacial score (nSPS) is 19.2. The van der Waals surface area contributed by atoms with Crippen LogP contribution in [-0.2, 0) is 4.79 Å². The topological polar surface area (TPSA) is 123 Å². The molecule has 1 atom stereocenters. The summed E-state index contributed by atoms with van der Waals surface area (Å²) in [4.78, 5) is 28.5. The van der Waals surface area contributed by atoms with Gasteiger partial charge in [0.1, 0.15) is 11.8 Å². The van der Waals surface area contributed by atoms with Gasteiger partial charge in [-0.25, -0.2) is 4.68 Å². The smallest absolute Gasteiger partial charge is 0.269 e. The van der Waals surface area contributed by atoms with Gasteiger partial charge in [-0.15, -0.1) is 5.10 Å². The number of ketones is 1. The third-order valence-corrected chi connectivity index (χ3v) is 5.88. The van der Waals surface area contributed by atoms with E-state index >= 15 is 0 Å². The number of anilines is 1. The average molecular weight is 431 g/mol. The molecule has 2 heterocycles. The summed E-state index contributed by atoms with van der Waals surface area (Å²) in [5.41, 5.74) is 2.67. The number of aromatic nitrogens is 3. The molecule has 0 bridgehead atoms. The molecule has 2 aromatic carbocycles. The van der Waals surface area contributed by atoms with Crippen molar-refractivity contribution in [3.63, 3.8) is 0 Å². The van der Waals surface area contributed by atoms with Crippen LogP contribution in [-0.4, -0.2) is 30.6 Å². The molecular weight excluding hydrogens is 410 g/mol. The number of rotatable bonds is 3. The zero-order chi connectivity index (χ0) is 22.6. The highest BCUT2D eigenvalue weighted by Crippen LogP contribution is 2.45. The Labute approximate surface area is 183 Å². The Balaban J connectivity index is 1.66. The van der Waals surface area contributed by atoms with Crippen molar-refractivity contribution < 1.29 is 14.8 Å². The Morgan fingerprint density at radius 2 is 1.81 bits per heavy atom. The van der Waals surface area contributed by atoms with E-state index in [1.54, 1.807) is 41.1 Å². The average Bonchev–Trinajstić information content (AvgIpc) is 3.15. The number of hydrogen-bond donors (Lipinski definition) is 2. The van der Waals surface area contributed by atoms with Gasteiger partial charge in [0.15, 0.2) is 11.6 Å². The lowest BCUT2D eigenvalue weighted by Crippen LogP contribution is -2.36. The first-order chi connectivity index (χ1) is 15.2. The van der Waals surface area contributed by atoms with Gasteiger partial charge in [0, 0.05) is 35.4 Å². The molecule has 0 saturated carbocycles. The Kier molecular flexibility index (Phi) is 4.37. The lowest BCUT2D eigenvalue weighted by molar-refractivity contribution is -0.384. The van der Waals surface area contributed by atoms with E-state index in [0.717, 1.165) is 16.8 Å². The molecule has 3 aromatic rings. The fourth-order valence-corrected chi connectivity index (χ4v) is 4.43. The van der Waals surface area contributed by atoms with Gasteiger partial charge in [0.2, 0.25) is 5.95 Å². The van der Waals surface area contributed by atoms with Crippen LogP contribution in [0.4, 0.5) is 11.6 Å². The Morgan fingerprint density at radius 1 is 1.12 bits per heavy atom. The molecule has 0 fully saturated rings. The maximum absolute atomic E-state index is 13.2. The van der Waals surface area contributed by atoms with Gasteiger partial charge < -0.3 is 10.4 Å². The predicted molar refractivity (Wildman–Crippen MR) is 117 cm³/mol. The number of allylic oxidation sites excluding steroid dienone is 2. The summed E-state index contributed by atoms with van der Waals surface area (Å²) in [5.74, 6) is 1.12. The molecule has 162 valence electrons. The Morgan fingerprint density at radius 3 is 2.47 bits per heavy atom. The molecule has 0 amide bonds. The zero-order valence-corrected chi connectivity index (χ0v) is 17.6. The summed E-state index contributed by atoms with van der Waals surface area (Å²) in [5, 5.41) is 28.7. The number of nitrogens with one attached hydrogen (secondary N) is 1. The van der Waals surface area contributed by atoms with Crippen LogP contribution in [0.5, 0.6) is 5.75 Å². The van der Waals surface area contributed by atoms with Crippen LogP contribution in [0.15, 0.2) is 59.8 Å². The first kappa shape index (κ1) is 19.9. The van der Waals surface area contributed by atoms with Crippen LogP contribution < -0.4 is 5.32 Å². The number of Topliss-reactive ketones (excluding diaryl/α,β-unsaturated/α-hetero) is 1. The van der Waals surface area contributed by atoms with E-state index < -0.39 is 11.0 Å². The highest BCUT2D eigenvalue weighted by Gasteiger charge is 2.42. The molecule has 1 aliphatic carbocycles. The molecular formula is C23H21N5O4. The summed E-state index contributed by atoms with van der Waals surface area (Å²) in [6.45, 7) is 4.11. The van der Waals surface area contributed by atoms with Gasteiger partial charge in [0.25, 0.3) is 5.69 Å². The summed E-state index contributed by atoms with van der Waals surface area (Å²) >= 11 is 0. The Bertz CT molecular complexity index is 1270. The van der Waals surface area contributed by atoms with Gasteiger partial charge >= 0.3 is 0 Å². The number of nitro benzene ring substituents is 1. The minimum absolute atomic E-state index is 0.0170. The highest BCUT2D eigenvalue weighted by atomic mass is 16.6. The molecule has 0 saturated heterocycles. The molecule has 2 aliphatic rings. The zero-order valence-electron chi connectivity index (χ0n) is 17.6. The quantitative estimate of drug-likeness (QED) is 0.470. The lowest BCUT2D eigenvalue weighted by atomic mass is 9.73. The van der Waals surface area contributed by atoms with E-state index in [9.17, 15) is 20.0 Å². The van der Waals surface area contributed by atoms with Crippen molar-refractivity contribution in [2.45, 2.75) is 32.7 Å². The third-order valence-electron chi connectivity index (χ3n) is 5.88. The number of benzene rings is 2. The van der Waals surface area contributed by atoms with Crippen LogP contribution in [0.1, 0.15) is 38.3 Å². The van der Waals surface area contributed by atoms with Gasteiger partial charge in [-0.2, -0.15) is 4.98 Å². The van der Waals surface area contributed by atoms with E-state index in [0.29, 0.717) is 30.2 Å². The standard InChI is InChI=1S/C23H21N5O4/c1-23(2)11-17-19(18(30)12-23)20(13-3-7-15(8-4-13)28(31)32)27-22(24-17)25-21(26-27)14-5-9-16(29)10-6-14/h3-10,20,29H,11-12H2,1-2H3,(H,24,25,26). The number of phenolic OH excluding ortho intramolecular Hbond substituents is 1. The minimum atomic E-state index is -0.538. The molecule has 9 nitrogen and oxygen atoms in total. The van der Waals surface area contributed by atoms with Crippen molar-refractivity contribution in [2.24, 2.45) is 5.41 Å². The van der Waals surface area contributed by atoms with Crippen LogP contribution in [0, 0.1) is 15.5 Å². The van der Waals surface area contributed by atoms with Crippen molar-refractivity contribution in [2.75, 3.05) is 5.32 Å². The summed E-state index contributed by atoms with van der Waals surface area (Å²) in [6, 6.07) is 12.2. The highest BCUT2D eigenvalue weighted by molar-refractivity contribution is 6.00. The summed E-state index contributed by atoms with van der Waals surface area (Å²) in [6.07, 6.45) is 1.09. The van der Waals surface area contributed by atoms with Gasteiger partial charge in [-0.3, -0.25) is 14.9 Å². The predicted octanol–water partition coefficient (Wildman–Crippen LogP) is 4.22. The van der Waals surface area contributed by atoms with E-state index in [1.807, 2.05) is 0 Å². The van der Waals surface area contributed by atoms with E-state index in [4.69, 9.17) is 0 Å². The number of non-ortho nitro benzene ring substituents is 1. The van der Waals surface area contributed by atoms with Gasteiger partial charge in [0.05, 0.1) is 4.92 Å². The molecule has 0 radical (unpaired) electrons. The number of fused-ring (bicyclic) bond motifs is 1. The minimum Gasteiger partial charge on any atom is -0.508 e. The van der Waals surface area contributed by atoms with Crippen LogP contribution in [0.2, 0.25) is 0 Å². The van der Waals surface area contributed by atoms with Crippen LogP contribution in [0.3, 0.4) is 0 Å². The fourth-order valence-electron chi connectivity index (χ4n) is 4.43. The maximum Gasteiger partial charge on any atom is 0.269 e. The second-order valence-electron chi connectivity index (χ2n) is 8.96. The summed E-state index contributed by atoms with van der Waals surface area (Å²) < 4.78 is 1.67. The number of carbonyl (C=O) groups is 1. The molecule has 2 N–H and O–H groups in total. The Hall–Kier alpha value is -4.01. The number of phenols is 1. The molecule has 9 heteroatoms. The summed E-state index contributed by atoms with van der Waals surface area (Å²) in [7, 11) is 0. The van der Waals surface area contributed by atoms with E-state index in [-0.39, 0.29) is 22.6 Å². The maximum atomic E-state index is 13.2. The number of hydrogen-bond acceptors (Lipinski definition) is 7. The second-order valence-corrected chi connectivity index (χ2v) is 8.96. The van der Waals surface area contributed by atoms with Crippen LogP contribution in [0.25, 0.3) is 11.4 Å². The second kappa shape index (κ2) is 7.01. The first-order valence-electron chi connectivity index (χ1n) is 10.3. The molecule has 5 rings (SSSR count). The molecule has 1 unspecified atom stereocenters. The van der Waals surface area contributed by atoms with Crippen molar-refractivity contribution in [3.8, 4) is 17.1 Å². The molecule has 1 aromatic heterocycles. The SMILES string of the molecule is CC1(C)CC(=O)C2=C(C1)Nc1nc(-c3ccc(O)cc3)nn1C2c1ccc([N+](=O)[O-])cc1. The largest absolute Gasteiger partial charge is 0.508 e. The monoisotopic (exact) mass is 431 g/mol. The number of aromatic hydroxyl groups is 1. The molecule has 32 heavy (non-hydrogen) atoms. The molecule has 0 spiro atoms. The third kappa shape index (κ3) is 3.31. The van der Waals surface area contributed by atoms with Gasteiger partial charge in [-0.1, -0.05) is 13.8 Å². The molecule has 1 aliphatic heterocycles. The van der Waals surface area contributed by atoms with Crippen molar-refractivity contribution in [3.05, 3.63) is 75.5 Å². The number of nitro groups is 1.